The van der Waals surface area contributed by atoms with Crippen molar-refractivity contribution < 1.29 is 28.6 Å². The zero-order chi connectivity index (χ0) is 26.1. The summed E-state index contributed by atoms with van der Waals surface area (Å²) in [6.07, 6.45) is 5.07. The number of methoxy groups -OCH3 is 1. The molecule has 1 saturated heterocycles. The Labute approximate surface area is 211 Å². The van der Waals surface area contributed by atoms with Gasteiger partial charge in [-0.1, -0.05) is 12.1 Å². The molecule has 0 radical (unpaired) electrons. The lowest BCUT2D eigenvalue weighted by molar-refractivity contribution is -0.139. The number of hydrogen-bond acceptors (Lipinski definition) is 6. The SMILES string of the molecule is COC(=O)c1ccc(C2C(=C(O)c3cccnc3)C(=O)C(=O)N2CCc2c[nH]c3cc(F)ccc23)cc1. The first-order valence-electron chi connectivity index (χ1n) is 11.5. The Morgan fingerprint density at radius 1 is 1.14 bits per heavy atom. The summed E-state index contributed by atoms with van der Waals surface area (Å²) in [5.41, 5.74) is 2.56. The lowest BCUT2D eigenvalue weighted by Gasteiger charge is -2.25. The number of pyridine rings is 1. The van der Waals surface area contributed by atoms with E-state index in [4.69, 9.17) is 4.74 Å². The van der Waals surface area contributed by atoms with Crippen LogP contribution in [0.15, 0.2) is 78.8 Å². The number of ketones is 1. The molecule has 0 spiro atoms. The summed E-state index contributed by atoms with van der Waals surface area (Å²) in [6.45, 7) is 0.155. The van der Waals surface area contributed by atoms with Crippen LogP contribution in [0.3, 0.4) is 0 Å². The third kappa shape index (κ3) is 4.35. The van der Waals surface area contributed by atoms with Crippen molar-refractivity contribution >= 4 is 34.3 Å². The number of carbonyl (C=O) groups excluding carboxylic acids is 3. The number of ether oxygens (including phenoxy) is 1. The molecule has 1 amide bonds. The van der Waals surface area contributed by atoms with Crippen LogP contribution in [0, 0.1) is 5.82 Å². The van der Waals surface area contributed by atoms with Crippen LogP contribution < -0.4 is 0 Å². The van der Waals surface area contributed by atoms with Crippen molar-refractivity contribution in [3.05, 3.63) is 107 Å². The number of aromatic amines is 1. The van der Waals surface area contributed by atoms with E-state index < -0.39 is 23.7 Å². The number of Topliss-reactive ketones (excluding diaryl/α,β-unsaturated/α-hetero) is 1. The number of aromatic nitrogens is 2. The molecule has 4 aromatic rings. The summed E-state index contributed by atoms with van der Waals surface area (Å²) < 4.78 is 18.4. The van der Waals surface area contributed by atoms with E-state index in [-0.39, 0.29) is 23.7 Å². The molecule has 37 heavy (non-hydrogen) atoms. The third-order valence-electron chi connectivity index (χ3n) is 6.47. The number of benzene rings is 2. The average Bonchev–Trinajstić information content (AvgIpc) is 3.44. The zero-order valence-corrected chi connectivity index (χ0v) is 19.8. The normalized spacial score (nSPS) is 16.9. The lowest BCUT2D eigenvalue weighted by Crippen LogP contribution is -2.31. The van der Waals surface area contributed by atoms with Gasteiger partial charge in [0.1, 0.15) is 11.6 Å². The van der Waals surface area contributed by atoms with Gasteiger partial charge in [-0.25, -0.2) is 9.18 Å². The molecule has 9 heteroatoms. The maximum absolute atomic E-state index is 13.6. The van der Waals surface area contributed by atoms with Gasteiger partial charge in [0.05, 0.1) is 24.3 Å². The van der Waals surface area contributed by atoms with Gasteiger partial charge in [-0.3, -0.25) is 14.6 Å². The fourth-order valence-electron chi connectivity index (χ4n) is 4.64. The Balaban J connectivity index is 1.55. The number of aliphatic hydroxyl groups is 1. The first-order chi connectivity index (χ1) is 17.9. The maximum atomic E-state index is 13.6. The van der Waals surface area contributed by atoms with Crippen LogP contribution in [-0.4, -0.2) is 51.3 Å². The van der Waals surface area contributed by atoms with Crippen LogP contribution in [0.4, 0.5) is 4.39 Å². The quantitative estimate of drug-likeness (QED) is 0.178. The van der Waals surface area contributed by atoms with Crippen molar-refractivity contribution in [3.8, 4) is 0 Å². The van der Waals surface area contributed by atoms with Crippen molar-refractivity contribution in [1.29, 1.82) is 0 Å². The molecule has 1 fully saturated rings. The van der Waals surface area contributed by atoms with Crippen molar-refractivity contribution in [1.82, 2.24) is 14.9 Å². The predicted molar refractivity (Wildman–Crippen MR) is 133 cm³/mol. The van der Waals surface area contributed by atoms with E-state index in [0.717, 1.165) is 10.9 Å². The fourth-order valence-corrected chi connectivity index (χ4v) is 4.64. The number of rotatable bonds is 6. The summed E-state index contributed by atoms with van der Waals surface area (Å²) in [5, 5.41) is 11.9. The number of nitrogens with one attached hydrogen (secondary N) is 1. The summed E-state index contributed by atoms with van der Waals surface area (Å²) in [7, 11) is 1.28. The summed E-state index contributed by atoms with van der Waals surface area (Å²) in [6, 6.07) is 13.1. The van der Waals surface area contributed by atoms with Gasteiger partial charge in [-0.2, -0.15) is 0 Å². The highest BCUT2D eigenvalue weighted by Crippen LogP contribution is 2.39. The second-order valence-electron chi connectivity index (χ2n) is 8.60. The second kappa shape index (κ2) is 9.69. The molecule has 5 rings (SSSR count). The summed E-state index contributed by atoms with van der Waals surface area (Å²) >= 11 is 0. The average molecular weight is 499 g/mol. The van der Waals surface area contributed by atoms with Crippen LogP contribution in [0.2, 0.25) is 0 Å². The van der Waals surface area contributed by atoms with E-state index >= 15 is 0 Å². The molecule has 8 nitrogen and oxygen atoms in total. The van der Waals surface area contributed by atoms with E-state index in [9.17, 15) is 23.9 Å². The van der Waals surface area contributed by atoms with Crippen LogP contribution in [-0.2, 0) is 20.7 Å². The Kier molecular flexibility index (Phi) is 6.27. The molecule has 0 aliphatic carbocycles. The first kappa shape index (κ1) is 23.9. The number of amides is 1. The van der Waals surface area contributed by atoms with E-state index in [2.05, 4.69) is 9.97 Å². The lowest BCUT2D eigenvalue weighted by atomic mass is 9.95. The largest absolute Gasteiger partial charge is 0.507 e. The van der Waals surface area contributed by atoms with E-state index in [1.165, 1.54) is 36.5 Å². The molecule has 0 bridgehead atoms. The fraction of sp³-hybridized carbons (Fsp3) is 0.143. The third-order valence-corrected chi connectivity index (χ3v) is 6.47. The van der Waals surface area contributed by atoms with Gasteiger partial charge in [-0.05, 0) is 60.0 Å². The molecule has 2 aromatic heterocycles. The van der Waals surface area contributed by atoms with Crippen LogP contribution in [0.1, 0.15) is 33.1 Å². The van der Waals surface area contributed by atoms with Crippen molar-refractivity contribution in [3.63, 3.8) is 0 Å². The van der Waals surface area contributed by atoms with Gasteiger partial charge < -0.3 is 19.7 Å². The molecular formula is C28H22FN3O5. The Bertz CT molecular complexity index is 1540. The van der Waals surface area contributed by atoms with E-state index in [1.807, 2.05) is 0 Å². The predicted octanol–water partition coefficient (Wildman–Crippen LogP) is 4.15. The number of halogens is 1. The molecular weight excluding hydrogens is 477 g/mol. The van der Waals surface area contributed by atoms with Gasteiger partial charge in [0, 0.05) is 41.6 Å². The van der Waals surface area contributed by atoms with Crippen LogP contribution in [0.25, 0.3) is 16.7 Å². The van der Waals surface area contributed by atoms with Crippen molar-refractivity contribution in [2.45, 2.75) is 12.5 Å². The monoisotopic (exact) mass is 499 g/mol. The van der Waals surface area contributed by atoms with Crippen LogP contribution >= 0.6 is 0 Å². The Hall–Kier alpha value is -4.79. The number of likely N-dealkylation sites (tertiary alicyclic amines) is 1. The minimum Gasteiger partial charge on any atom is -0.507 e. The van der Waals surface area contributed by atoms with E-state index in [1.54, 1.807) is 48.7 Å². The van der Waals surface area contributed by atoms with Gasteiger partial charge >= 0.3 is 5.97 Å². The summed E-state index contributed by atoms with van der Waals surface area (Å²) in [5.74, 6) is -2.79. The number of fused-ring (bicyclic) bond motifs is 1. The molecule has 1 atom stereocenters. The molecule has 2 N–H and O–H groups in total. The molecule has 2 aromatic carbocycles. The van der Waals surface area contributed by atoms with Gasteiger partial charge in [0.2, 0.25) is 0 Å². The summed E-state index contributed by atoms with van der Waals surface area (Å²) in [4.78, 5) is 46.7. The minimum absolute atomic E-state index is 0.0650. The number of carbonyl (C=O) groups is 3. The molecule has 1 aliphatic heterocycles. The van der Waals surface area contributed by atoms with Crippen molar-refractivity contribution in [2.75, 3.05) is 13.7 Å². The van der Waals surface area contributed by atoms with Gasteiger partial charge in [0.25, 0.3) is 11.7 Å². The number of aliphatic hydroxyl groups excluding tert-OH is 1. The number of hydrogen-bond donors (Lipinski definition) is 2. The van der Waals surface area contributed by atoms with Crippen LogP contribution in [0.5, 0.6) is 0 Å². The van der Waals surface area contributed by atoms with E-state index in [0.29, 0.717) is 28.6 Å². The highest BCUT2D eigenvalue weighted by Gasteiger charge is 2.46. The first-order valence-corrected chi connectivity index (χ1v) is 11.5. The topological polar surface area (TPSA) is 113 Å². The standard InChI is InChI=1S/C28H22FN3O5/c1-37-28(36)17-6-4-16(5-7-17)24-23(25(33)19-3-2-11-30-14-19)26(34)27(35)32(24)12-10-18-15-31-22-13-20(29)8-9-21(18)22/h2-9,11,13-15,24,31,33H,10,12H2,1H3. The zero-order valence-electron chi connectivity index (χ0n) is 19.8. The molecule has 0 saturated carbocycles. The van der Waals surface area contributed by atoms with Crippen molar-refractivity contribution in [2.24, 2.45) is 0 Å². The second-order valence-corrected chi connectivity index (χ2v) is 8.60. The highest BCUT2D eigenvalue weighted by atomic mass is 19.1. The van der Waals surface area contributed by atoms with Gasteiger partial charge in [0.15, 0.2) is 0 Å². The number of nitrogens with zero attached hydrogens (tertiary/aromatic N) is 2. The maximum Gasteiger partial charge on any atom is 0.337 e. The molecule has 3 heterocycles. The Morgan fingerprint density at radius 3 is 2.62 bits per heavy atom. The Morgan fingerprint density at radius 2 is 1.92 bits per heavy atom. The number of H-pyrrole nitrogens is 1. The smallest absolute Gasteiger partial charge is 0.337 e. The highest BCUT2D eigenvalue weighted by molar-refractivity contribution is 6.46. The van der Waals surface area contributed by atoms with Gasteiger partial charge in [-0.15, -0.1) is 0 Å². The molecule has 1 aliphatic rings. The molecule has 186 valence electrons. The molecule has 1 unspecified atom stereocenters. The minimum atomic E-state index is -0.894. The number of esters is 1.